The summed E-state index contributed by atoms with van der Waals surface area (Å²) in [7, 11) is 0. The third-order valence-corrected chi connectivity index (χ3v) is 4.07. The molecule has 1 aromatic heterocycles. The second kappa shape index (κ2) is 7.95. The maximum atomic E-state index is 12.3. The average molecular weight is 359 g/mol. The van der Waals surface area contributed by atoms with E-state index in [-0.39, 0.29) is 24.1 Å². The number of aryl methyl sites for hydroxylation is 1. The molecule has 0 fully saturated rings. The summed E-state index contributed by atoms with van der Waals surface area (Å²) in [5, 5.41) is 2.87. The molecule has 0 aliphatic heterocycles. The van der Waals surface area contributed by atoms with Gasteiger partial charge >= 0.3 is 6.61 Å². The minimum absolute atomic E-state index is 0.0727. The molecule has 3 rings (SSSR count). The summed E-state index contributed by atoms with van der Waals surface area (Å²) in [6, 6.07) is 13.7. The first-order chi connectivity index (χ1) is 12.5. The lowest BCUT2D eigenvalue weighted by molar-refractivity contribution is -0.121. The van der Waals surface area contributed by atoms with E-state index in [1.54, 1.807) is 25.4 Å². The highest BCUT2D eigenvalue weighted by Crippen LogP contribution is 2.21. The first kappa shape index (κ1) is 17.8. The van der Waals surface area contributed by atoms with Gasteiger partial charge < -0.3 is 14.6 Å². The van der Waals surface area contributed by atoms with Crippen molar-refractivity contribution in [2.24, 2.45) is 0 Å². The summed E-state index contributed by atoms with van der Waals surface area (Å²) >= 11 is 0. The lowest BCUT2D eigenvalue weighted by Crippen LogP contribution is -2.27. The van der Waals surface area contributed by atoms with Crippen LogP contribution in [0.1, 0.15) is 24.9 Å². The Morgan fingerprint density at radius 1 is 1.23 bits per heavy atom. The number of nitrogens with one attached hydrogen (secondary N) is 1. The summed E-state index contributed by atoms with van der Waals surface area (Å²) in [5.74, 6) is -0.0565. The van der Waals surface area contributed by atoms with E-state index in [0.29, 0.717) is 12.1 Å². The Labute approximate surface area is 149 Å². The zero-order valence-electron chi connectivity index (χ0n) is 14.2. The number of imidazole rings is 1. The minimum atomic E-state index is -2.87. The van der Waals surface area contributed by atoms with Crippen molar-refractivity contribution in [3.05, 3.63) is 60.4 Å². The molecule has 3 aromatic rings. The summed E-state index contributed by atoms with van der Waals surface area (Å²) in [4.78, 5) is 16.5. The van der Waals surface area contributed by atoms with Crippen molar-refractivity contribution in [3.8, 4) is 5.75 Å². The predicted molar refractivity (Wildman–Crippen MR) is 94.0 cm³/mol. The lowest BCUT2D eigenvalue weighted by Gasteiger charge is -2.16. The number of carbonyl (C=O) groups is 1. The Morgan fingerprint density at radius 3 is 2.85 bits per heavy atom. The number of carbonyl (C=O) groups excluding carboxylic acids is 1. The molecule has 0 saturated carbocycles. The summed E-state index contributed by atoms with van der Waals surface area (Å²) in [6.45, 7) is -0.570. The molecule has 0 radical (unpaired) electrons. The van der Waals surface area contributed by atoms with E-state index in [2.05, 4.69) is 15.0 Å². The fraction of sp³-hybridized carbons (Fsp3) is 0.263. The number of rotatable bonds is 7. The fourth-order valence-corrected chi connectivity index (χ4v) is 2.77. The van der Waals surface area contributed by atoms with Gasteiger partial charge in [-0.15, -0.1) is 0 Å². The fourth-order valence-electron chi connectivity index (χ4n) is 2.77. The van der Waals surface area contributed by atoms with Crippen molar-refractivity contribution in [1.29, 1.82) is 0 Å². The molecule has 0 aliphatic carbocycles. The van der Waals surface area contributed by atoms with Crippen LogP contribution < -0.4 is 10.1 Å². The van der Waals surface area contributed by atoms with Gasteiger partial charge in [0, 0.05) is 13.0 Å². The molecule has 5 nitrogen and oxygen atoms in total. The van der Waals surface area contributed by atoms with Gasteiger partial charge in [0.25, 0.3) is 0 Å². The van der Waals surface area contributed by atoms with E-state index in [1.807, 2.05) is 28.8 Å². The minimum Gasteiger partial charge on any atom is -0.435 e. The molecular weight excluding hydrogens is 340 g/mol. The molecule has 0 bridgehead atoms. The van der Waals surface area contributed by atoms with Gasteiger partial charge in [0.05, 0.1) is 23.4 Å². The smallest absolute Gasteiger partial charge is 0.387 e. The first-order valence-electron chi connectivity index (χ1n) is 8.27. The second-order valence-corrected chi connectivity index (χ2v) is 5.92. The van der Waals surface area contributed by atoms with E-state index >= 15 is 0 Å². The number of para-hydroxylation sites is 2. The van der Waals surface area contributed by atoms with Gasteiger partial charge in [-0.05, 0) is 36.8 Å². The SMILES string of the molecule is CC(NC(=O)CCn1cnc2ccccc21)c1cccc(OC(F)F)c1. The summed E-state index contributed by atoms with van der Waals surface area (Å²) < 4.78 is 30.9. The molecule has 2 aromatic carbocycles. The Balaban J connectivity index is 1.57. The molecule has 7 heteroatoms. The molecule has 1 unspecified atom stereocenters. The Hall–Kier alpha value is -2.96. The maximum Gasteiger partial charge on any atom is 0.387 e. The van der Waals surface area contributed by atoms with Crippen molar-refractivity contribution < 1.29 is 18.3 Å². The Kier molecular flexibility index (Phi) is 5.46. The first-order valence-corrected chi connectivity index (χ1v) is 8.27. The van der Waals surface area contributed by atoms with E-state index in [4.69, 9.17) is 0 Å². The summed E-state index contributed by atoms with van der Waals surface area (Å²) in [5.41, 5.74) is 2.56. The van der Waals surface area contributed by atoms with Crippen molar-refractivity contribution in [2.75, 3.05) is 0 Å². The van der Waals surface area contributed by atoms with Crippen LogP contribution in [0.25, 0.3) is 11.0 Å². The molecule has 1 atom stereocenters. The molecule has 0 saturated heterocycles. The van der Waals surface area contributed by atoms with Crippen LogP contribution in [0.3, 0.4) is 0 Å². The Bertz CT molecular complexity index is 895. The van der Waals surface area contributed by atoms with Gasteiger partial charge in [-0.2, -0.15) is 8.78 Å². The van der Waals surface area contributed by atoms with Gasteiger partial charge in [0.2, 0.25) is 5.91 Å². The maximum absolute atomic E-state index is 12.3. The van der Waals surface area contributed by atoms with E-state index in [9.17, 15) is 13.6 Å². The highest BCUT2D eigenvalue weighted by Gasteiger charge is 2.12. The molecule has 1 heterocycles. The van der Waals surface area contributed by atoms with Crippen LogP contribution in [-0.2, 0) is 11.3 Å². The van der Waals surface area contributed by atoms with Gasteiger partial charge in [-0.3, -0.25) is 4.79 Å². The highest BCUT2D eigenvalue weighted by molar-refractivity contribution is 5.77. The van der Waals surface area contributed by atoms with E-state index in [1.165, 1.54) is 12.1 Å². The monoisotopic (exact) mass is 359 g/mol. The number of halogens is 2. The number of benzene rings is 2. The number of hydrogen-bond acceptors (Lipinski definition) is 3. The standard InChI is InChI=1S/C19H19F2N3O2/c1-13(14-5-4-6-15(11-14)26-19(20)21)23-18(25)9-10-24-12-22-16-7-2-3-8-17(16)24/h2-8,11-13,19H,9-10H2,1H3,(H,23,25). The third-order valence-electron chi connectivity index (χ3n) is 4.07. The third kappa shape index (κ3) is 4.36. The summed E-state index contributed by atoms with van der Waals surface area (Å²) in [6.07, 6.45) is 2.00. The van der Waals surface area contributed by atoms with Gasteiger partial charge in [-0.25, -0.2) is 4.98 Å². The topological polar surface area (TPSA) is 56.2 Å². The number of aromatic nitrogens is 2. The lowest BCUT2D eigenvalue weighted by atomic mass is 10.1. The predicted octanol–water partition coefficient (Wildman–Crippen LogP) is 3.91. The molecule has 136 valence electrons. The Morgan fingerprint density at radius 2 is 2.04 bits per heavy atom. The van der Waals surface area contributed by atoms with Gasteiger partial charge in [0.1, 0.15) is 5.75 Å². The molecule has 0 aliphatic rings. The van der Waals surface area contributed by atoms with E-state index in [0.717, 1.165) is 11.0 Å². The van der Waals surface area contributed by atoms with Crippen LogP contribution in [0, 0.1) is 0 Å². The molecular formula is C19H19F2N3O2. The average Bonchev–Trinajstić information content (AvgIpc) is 3.03. The van der Waals surface area contributed by atoms with Gasteiger partial charge in [-0.1, -0.05) is 24.3 Å². The normalized spacial score (nSPS) is 12.3. The number of fused-ring (bicyclic) bond motifs is 1. The number of nitrogens with zero attached hydrogens (tertiary/aromatic N) is 2. The van der Waals surface area contributed by atoms with Gasteiger partial charge in [0.15, 0.2) is 0 Å². The molecule has 1 N–H and O–H groups in total. The van der Waals surface area contributed by atoms with Crippen LogP contribution in [-0.4, -0.2) is 22.1 Å². The largest absolute Gasteiger partial charge is 0.435 e. The van der Waals surface area contributed by atoms with Crippen molar-refractivity contribution >= 4 is 16.9 Å². The van der Waals surface area contributed by atoms with Crippen LogP contribution in [0.5, 0.6) is 5.75 Å². The zero-order valence-corrected chi connectivity index (χ0v) is 14.2. The molecule has 26 heavy (non-hydrogen) atoms. The second-order valence-electron chi connectivity index (χ2n) is 5.92. The van der Waals surface area contributed by atoms with Crippen molar-refractivity contribution in [3.63, 3.8) is 0 Å². The molecule has 0 spiro atoms. The highest BCUT2D eigenvalue weighted by atomic mass is 19.3. The van der Waals surface area contributed by atoms with Crippen LogP contribution in [0.4, 0.5) is 8.78 Å². The van der Waals surface area contributed by atoms with Crippen LogP contribution >= 0.6 is 0 Å². The van der Waals surface area contributed by atoms with Crippen LogP contribution in [0.15, 0.2) is 54.9 Å². The number of ether oxygens (including phenoxy) is 1. The van der Waals surface area contributed by atoms with E-state index < -0.39 is 6.61 Å². The van der Waals surface area contributed by atoms with Crippen LogP contribution in [0.2, 0.25) is 0 Å². The number of amides is 1. The van der Waals surface area contributed by atoms with Crippen molar-refractivity contribution in [1.82, 2.24) is 14.9 Å². The number of alkyl halides is 2. The number of hydrogen-bond donors (Lipinski definition) is 1. The van der Waals surface area contributed by atoms with Crippen molar-refractivity contribution in [2.45, 2.75) is 32.5 Å². The quantitative estimate of drug-likeness (QED) is 0.696. The molecule has 1 amide bonds. The zero-order chi connectivity index (χ0) is 18.5.